The molecule has 9 nitrogen and oxygen atoms in total. The van der Waals surface area contributed by atoms with Gasteiger partial charge in [-0.15, -0.1) is 0 Å². The summed E-state index contributed by atoms with van der Waals surface area (Å²) in [5, 5.41) is 6.51. The van der Waals surface area contributed by atoms with Gasteiger partial charge in [-0.25, -0.2) is 9.97 Å². The number of carbonyl (C=O) groups is 2. The summed E-state index contributed by atoms with van der Waals surface area (Å²) in [6.07, 6.45) is 1.44. The molecule has 4 N–H and O–H groups in total. The van der Waals surface area contributed by atoms with Gasteiger partial charge in [0.2, 0.25) is 0 Å². The number of anilines is 2. The molecule has 182 valence electrons. The standard InChI is InChI=1S/C27H26N6O3/c1-15(2)26(34)31-19-10-8-17(9-11-19)23-21(22-24(28)29-14-30-25(22)33(23)3)16-4-6-18(7-5-16)27(35)32-20-12-36-13-20/h4-11,14,20H,1,12-13H2,2-3H3,(H,31,34)(H,32,35)(H2,28,29,30). The third-order valence-electron chi connectivity index (χ3n) is 6.21. The van der Waals surface area contributed by atoms with Crippen LogP contribution in [0.3, 0.4) is 0 Å². The minimum atomic E-state index is -0.231. The van der Waals surface area contributed by atoms with E-state index >= 15 is 0 Å². The van der Waals surface area contributed by atoms with Crippen molar-refractivity contribution in [2.24, 2.45) is 7.05 Å². The maximum atomic E-state index is 12.6. The summed E-state index contributed by atoms with van der Waals surface area (Å²) in [6, 6.07) is 15.0. The number of benzene rings is 2. The van der Waals surface area contributed by atoms with E-state index in [2.05, 4.69) is 27.2 Å². The van der Waals surface area contributed by atoms with Crippen LogP contribution in [0.2, 0.25) is 0 Å². The number of rotatable bonds is 6. The number of carbonyl (C=O) groups excluding carboxylic acids is 2. The summed E-state index contributed by atoms with van der Waals surface area (Å²) in [5.41, 5.74) is 12.2. The summed E-state index contributed by atoms with van der Waals surface area (Å²) < 4.78 is 7.10. The number of nitrogens with one attached hydrogen (secondary N) is 2. The first-order chi connectivity index (χ1) is 17.3. The van der Waals surface area contributed by atoms with Gasteiger partial charge in [0.25, 0.3) is 11.8 Å². The molecule has 9 heteroatoms. The first-order valence-electron chi connectivity index (χ1n) is 11.5. The molecule has 1 aliphatic heterocycles. The molecular weight excluding hydrogens is 456 g/mol. The van der Waals surface area contributed by atoms with Crippen LogP contribution in [0.4, 0.5) is 11.5 Å². The number of ether oxygens (including phenoxy) is 1. The Morgan fingerprint density at radius 1 is 1.06 bits per heavy atom. The predicted octanol–water partition coefficient (Wildman–Crippen LogP) is 3.53. The predicted molar refractivity (Wildman–Crippen MR) is 139 cm³/mol. The summed E-state index contributed by atoms with van der Waals surface area (Å²) >= 11 is 0. The number of nitrogens with zero attached hydrogens (tertiary/aromatic N) is 3. The van der Waals surface area contributed by atoms with E-state index in [1.54, 1.807) is 19.1 Å². The molecule has 36 heavy (non-hydrogen) atoms. The smallest absolute Gasteiger partial charge is 0.251 e. The van der Waals surface area contributed by atoms with E-state index in [1.807, 2.05) is 48.0 Å². The molecule has 0 atom stereocenters. The van der Waals surface area contributed by atoms with Crippen molar-refractivity contribution in [3.8, 4) is 22.4 Å². The van der Waals surface area contributed by atoms with Crippen molar-refractivity contribution >= 4 is 34.4 Å². The number of fused-ring (bicyclic) bond motifs is 1. The topological polar surface area (TPSA) is 124 Å². The van der Waals surface area contributed by atoms with Crippen molar-refractivity contribution in [1.82, 2.24) is 19.9 Å². The Labute approximate surface area is 208 Å². The number of aromatic nitrogens is 3. The van der Waals surface area contributed by atoms with Crippen molar-refractivity contribution in [2.45, 2.75) is 13.0 Å². The van der Waals surface area contributed by atoms with Crippen LogP contribution in [0.15, 0.2) is 67.0 Å². The van der Waals surface area contributed by atoms with E-state index in [9.17, 15) is 9.59 Å². The highest BCUT2D eigenvalue weighted by molar-refractivity contribution is 6.08. The molecule has 0 aliphatic carbocycles. The molecule has 1 fully saturated rings. The monoisotopic (exact) mass is 482 g/mol. The van der Waals surface area contributed by atoms with E-state index in [-0.39, 0.29) is 17.9 Å². The Balaban J connectivity index is 1.57. The van der Waals surface area contributed by atoms with Crippen molar-refractivity contribution in [3.05, 3.63) is 72.6 Å². The van der Waals surface area contributed by atoms with Crippen LogP contribution in [-0.2, 0) is 16.6 Å². The normalized spacial score (nSPS) is 13.3. The zero-order valence-electron chi connectivity index (χ0n) is 20.0. The highest BCUT2D eigenvalue weighted by Gasteiger charge is 2.23. The fourth-order valence-corrected chi connectivity index (χ4v) is 4.22. The zero-order valence-corrected chi connectivity index (χ0v) is 20.0. The number of nitrogens with two attached hydrogens (primary N) is 1. The molecule has 3 heterocycles. The average molecular weight is 483 g/mol. The van der Waals surface area contributed by atoms with E-state index in [0.717, 1.165) is 27.8 Å². The lowest BCUT2D eigenvalue weighted by Crippen LogP contribution is -2.48. The quantitative estimate of drug-likeness (QED) is 0.361. The minimum absolute atomic E-state index is 0.0574. The van der Waals surface area contributed by atoms with Gasteiger partial charge < -0.3 is 25.7 Å². The van der Waals surface area contributed by atoms with Crippen LogP contribution >= 0.6 is 0 Å². The molecule has 0 radical (unpaired) electrons. The molecule has 2 amide bonds. The molecule has 0 saturated carbocycles. The summed E-state index contributed by atoms with van der Waals surface area (Å²) in [7, 11) is 1.92. The molecule has 0 bridgehead atoms. The molecule has 0 spiro atoms. The fraction of sp³-hybridized carbons (Fsp3) is 0.185. The van der Waals surface area contributed by atoms with Gasteiger partial charge in [-0.1, -0.05) is 30.8 Å². The van der Waals surface area contributed by atoms with Crippen molar-refractivity contribution in [1.29, 1.82) is 0 Å². The average Bonchev–Trinajstić information content (AvgIpc) is 3.15. The number of hydrogen-bond acceptors (Lipinski definition) is 6. The lowest BCUT2D eigenvalue weighted by atomic mass is 9.97. The van der Waals surface area contributed by atoms with Crippen molar-refractivity contribution in [2.75, 3.05) is 24.3 Å². The van der Waals surface area contributed by atoms with Gasteiger partial charge >= 0.3 is 0 Å². The molecule has 2 aromatic carbocycles. The third-order valence-corrected chi connectivity index (χ3v) is 6.21. The number of aryl methyl sites for hydroxylation is 1. The van der Waals surface area contributed by atoms with Crippen LogP contribution in [-0.4, -0.2) is 45.6 Å². The second-order valence-corrected chi connectivity index (χ2v) is 8.84. The van der Waals surface area contributed by atoms with E-state index in [4.69, 9.17) is 10.5 Å². The molecule has 0 unspecified atom stereocenters. The Kier molecular flexibility index (Phi) is 5.99. The second-order valence-electron chi connectivity index (χ2n) is 8.84. The highest BCUT2D eigenvalue weighted by atomic mass is 16.5. The van der Waals surface area contributed by atoms with Crippen LogP contribution in [0.5, 0.6) is 0 Å². The highest BCUT2D eigenvalue weighted by Crippen LogP contribution is 2.41. The Morgan fingerprint density at radius 3 is 2.33 bits per heavy atom. The van der Waals surface area contributed by atoms with Crippen molar-refractivity contribution < 1.29 is 14.3 Å². The molecule has 2 aromatic heterocycles. The Bertz CT molecular complexity index is 1480. The minimum Gasteiger partial charge on any atom is -0.383 e. The second kappa shape index (κ2) is 9.27. The van der Waals surface area contributed by atoms with Gasteiger partial charge in [0.15, 0.2) is 0 Å². The largest absolute Gasteiger partial charge is 0.383 e. The van der Waals surface area contributed by atoms with Crippen molar-refractivity contribution in [3.63, 3.8) is 0 Å². The van der Waals surface area contributed by atoms with Crippen LogP contribution in [0.25, 0.3) is 33.4 Å². The first-order valence-corrected chi connectivity index (χ1v) is 11.5. The summed E-state index contributed by atoms with van der Waals surface area (Å²) in [4.78, 5) is 33.2. The van der Waals surface area contributed by atoms with Gasteiger partial charge in [-0.2, -0.15) is 0 Å². The Morgan fingerprint density at radius 2 is 1.72 bits per heavy atom. The van der Waals surface area contributed by atoms with Gasteiger partial charge in [-0.05, 0) is 42.3 Å². The SMILES string of the molecule is C=C(C)C(=O)Nc1ccc(-c2c(-c3ccc(C(=O)NC4COC4)cc3)c3c(N)ncnc3n2C)cc1. The molecular formula is C27H26N6O3. The lowest BCUT2D eigenvalue weighted by molar-refractivity contribution is -0.112. The number of nitrogen functional groups attached to an aromatic ring is 1. The van der Waals surface area contributed by atoms with E-state index in [0.29, 0.717) is 41.5 Å². The maximum Gasteiger partial charge on any atom is 0.251 e. The maximum absolute atomic E-state index is 12.6. The fourth-order valence-electron chi connectivity index (χ4n) is 4.22. The summed E-state index contributed by atoms with van der Waals surface area (Å²) in [5.74, 6) is 0.00212. The van der Waals surface area contributed by atoms with Crippen LogP contribution < -0.4 is 16.4 Å². The lowest BCUT2D eigenvalue weighted by Gasteiger charge is -2.26. The van der Waals surface area contributed by atoms with Crippen LogP contribution in [0.1, 0.15) is 17.3 Å². The molecule has 5 rings (SSSR count). The van der Waals surface area contributed by atoms with Crippen LogP contribution in [0, 0.1) is 0 Å². The van der Waals surface area contributed by atoms with E-state index in [1.165, 1.54) is 6.33 Å². The number of amides is 2. The Hall–Kier alpha value is -4.50. The summed E-state index contributed by atoms with van der Waals surface area (Å²) in [6.45, 7) is 6.41. The van der Waals surface area contributed by atoms with Gasteiger partial charge in [0.05, 0.1) is 30.3 Å². The van der Waals surface area contributed by atoms with Gasteiger partial charge in [0.1, 0.15) is 17.8 Å². The van der Waals surface area contributed by atoms with Gasteiger partial charge in [-0.3, -0.25) is 9.59 Å². The van der Waals surface area contributed by atoms with Gasteiger partial charge in [0, 0.05) is 29.4 Å². The zero-order chi connectivity index (χ0) is 25.4. The number of hydrogen-bond donors (Lipinski definition) is 3. The van der Waals surface area contributed by atoms with E-state index < -0.39 is 0 Å². The third kappa shape index (κ3) is 4.20. The molecule has 1 saturated heterocycles. The first kappa shape index (κ1) is 23.3. The molecule has 4 aromatic rings. The molecule has 1 aliphatic rings.